The molecule has 0 aliphatic carbocycles. The van der Waals surface area contributed by atoms with Gasteiger partial charge in [0.2, 0.25) is 17.7 Å². The molecule has 0 fully saturated rings. The Labute approximate surface area is 145 Å². The molecule has 0 aliphatic rings. The van der Waals surface area contributed by atoms with Gasteiger partial charge in [-0.15, -0.1) is 0 Å². The van der Waals surface area contributed by atoms with Crippen LogP contribution in [-0.4, -0.2) is 66.3 Å². The maximum Gasteiger partial charge on any atom is 0.327 e. The third-order valence-corrected chi connectivity index (χ3v) is 3.39. The fraction of sp³-hybridized carbons (Fsp3) is 0.692. The zero-order chi connectivity index (χ0) is 18.5. The molecular formula is C13H25N5O5S. The highest BCUT2D eigenvalue weighted by atomic mass is 32.1. The van der Waals surface area contributed by atoms with Crippen molar-refractivity contribution in [1.29, 1.82) is 0 Å². The highest BCUT2D eigenvalue weighted by Crippen LogP contribution is 2.01. The summed E-state index contributed by atoms with van der Waals surface area (Å²) in [5.74, 6) is -3.02. The van der Waals surface area contributed by atoms with Gasteiger partial charge in [-0.25, -0.2) is 4.79 Å². The number of carboxylic acids is 1. The second kappa shape index (κ2) is 12.6. The molecule has 0 aliphatic heterocycles. The molecule has 0 aromatic carbocycles. The maximum atomic E-state index is 12.1. The van der Waals surface area contributed by atoms with E-state index in [1.807, 2.05) is 0 Å². The van der Waals surface area contributed by atoms with Gasteiger partial charge in [0.05, 0.1) is 13.1 Å². The van der Waals surface area contributed by atoms with Crippen LogP contribution < -0.4 is 27.4 Å². The van der Waals surface area contributed by atoms with Crippen molar-refractivity contribution in [3.8, 4) is 0 Å². The van der Waals surface area contributed by atoms with Crippen molar-refractivity contribution in [2.75, 3.05) is 25.4 Å². The molecule has 2 unspecified atom stereocenters. The number of carbonyl (C=O) groups excluding carboxylic acids is 3. The number of carbonyl (C=O) groups is 4. The van der Waals surface area contributed by atoms with Crippen molar-refractivity contribution in [2.24, 2.45) is 11.5 Å². The van der Waals surface area contributed by atoms with Crippen molar-refractivity contribution in [3.05, 3.63) is 0 Å². The summed E-state index contributed by atoms with van der Waals surface area (Å²) in [7, 11) is 0. The van der Waals surface area contributed by atoms with Crippen molar-refractivity contribution in [3.63, 3.8) is 0 Å². The van der Waals surface area contributed by atoms with E-state index in [0.717, 1.165) is 0 Å². The molecule has 0 rings (SSSR count). The summed E-state index contributed by atoms with van der Waals surface area (Å²) in [5.41, 5.74) is 10.6. The summed E-state index contributed by atoms with van der Waals surface area (Å²) in [5, 5.41) is 15.8. The Hall–Kier alpha value is -1.85. The molecule has 3 amide bonds. The molecule has 0 heterocycles. The quantitative estimate of drug-likeness (QED) is 0.144. The molecule has 10 nitrogen and oxygen atoms in total. The number of hydrogen-bond donors (Lipinski definition) is 7. The molecule has 0 bridgehead atoms. The lowest BCUT2D eigenvalue weighted by Crippen LogP contribution is -2.51. The Morgan fingerprint density at radius 2 is 1.62 bits per heavy atom. The lowest BCUT2D eigenvalue weighted by atomic mass is 10.1. The van der Waals surface area contributed by atoms with Crippen molar-refractivity contribution < 1.29 is 24.3 Å². The minimum atomic E-state index is -1.22. The van der Waals surface area contributed by atoms with Crippen LogP contribution in [0.4, 0.5) is 0 Å². The third-order valence-electron chi connectivity index (χ3n) is 3.02. The number of hydrogen-bond acceptors (Lipinski definition) is 7. The minimum absolute atomic E-state index is 0.0801. The van der Waals surface area contributed by atoms with Gasteiger partial charge in [0, 0.05) is 5.75 Å². The van der Waals surface area contributed by atoms with E-state index in [1.165, 1.54) is 0 Å². The second-order valence-corrected chi connectivity index (χ2v) is 5.33. The van der Waals surface area contributed by atoms with Crippen LogP contribution >= 0.6 is 12.6 Å². The predicted octanol–water partition coefficient (Wildman–Crippen LogP) is -2.83. The van der Waals surface area contributed by atoms with Gasteiger partial charge in [-0.2, -0.15) is 12.6 Å². The minimum Gasteiger partial charge on any atom is -0.480 e. The van der Waals surface area contributed by atoms with Gasteiger partial charge >= 0.3 is 5.97 Å². The van der Waals surface area contributed by atoms with Gasteiger partial charge in [0.1, 0.15) is 12.1 Å². The molecule has 0 aromatic heterocycles. The maximum absolute atomic E-state index is 12.1. The van der Waals surface area contributed by atoms with E-state index >= 15 is 0 Å². The van der Waals surface area contributed by atoms with Crippen LogP contribution in [0.3, 0.4) is 0 Å². The van der Waals surface area contributed by atoms with Gasteiger partial charge in [0.25, 0.3) is 0 Å². The molecule has 2 atom stereocenters. The molecule has 0 spiro atoms. The Morgan fingerprint density at radius 1 is 1.00 bits per heavy atom. The van der Waals surface area contributed by atoms with Crippen LogP contribution in [0.25, 0.3) is 0 Å². The molecule has 138 valence electrons. The Balaban J connectivity index is 4.49. The number of rotatable bonds is 12. The zero-order valence-electron chi connectivity index (χ0n) is 13.3. The van der Waals surface area contributed by atoms with Crippen molar-refractivity contribution in [1.82, 2.24) is 16.0 Å². The Bertz CT molecular complexity index is 448. The van der Waals surface area contributed by atoms with Crippen LogP contribution in [-0.2, 0) is 19.2 Å². The molecular weight excluding hydrogens is 338 g/mol. The van der Waals surface area contributed by atoms with Crippen LogP contribution in [0.1, 0.15) is 19.3 Å². The summed E-state index contributed by atoms with van der Waals surface area (Å²) in [4.78, 5) is 45.9. The topological polar surface area (TPSA) is 177 Å². The summed E-state index contributed by atoms with van der Waals surface area (Å²) in [6, 6.07) is -1.98. The molecule has 0 aromatic rings. The summed E-state index contributed by atoms with van der Waals surface area (Å²) < 4.78 is 0. The fourth-order valence-electron chi connectivity index (χ4n) is 1.74. The second-order valence-electron chi connectivity index (χ2n) is 4.97. The normalized spacial score (nSPS) is 12.8. The average molecular weight is 363 g/mol. The summed E-state index contributed by atoms with van der Waals surface area (Å²) in [6.07, 6.45) is 1.65. The van der Waals surface area contributed by atoms with Gasteiger partial charge in [-0.1, -0.05) is 0 Å². The molecule has 0 saturated carbocycles. The van der Waals surface area contributed by atoms with Crippen LogP contribution in [0.2, 0.25) is 0 Å². The first-order chi connectivity index (χ1) is 11.3. The highest BCUT2D eigenvalue weighted by Gasteiger charge is 2.22. The molecule has 24 heavy (non-hydrogen) atoms. The SMILES string of the molecule is NCCCCC(NC(=O)CN)C(=O)NCC(=O)NC(CS)C(=O)O. The first-order valence-electron chi connectivity index (χ1n) is 7.45. The third kappa shape index (κ3) is 9.33. The van der Waals surface area contributed by atoms with E-state index in [-0.39, 0.29) is 12.3 Å². The predicted molar refractivity (Wildman–Crippen MR) is 90.3 cm³/mol. The Kier molecular flexibility index (Phi) is 11.6. The molecule has 0 saturated heterocycles. The Morgan fingerprint density at radius 3 is 2.12 bits per heavy atom. The van der Waals surface area contributed by atoms with E-state index < -0.39 is 42.3 Å². The zero-order valence-corrected chi connectivity index (χ0v) is 14.2. The van der Waals surface area contributed by atoms with Crippen molar-refractivity contribution >= 4 is 36.3 Å². The van der Waals surface area contributed by atoms with Crippen LogP contribution in [0, 0.1) is 0 Å². The van der Waals surface area contributed by atoms with Gasteiger partial charge < -0.3 is 32.5 Å². The summed E-state index contributed by atoms with van der Waals surface area (Å²) >= 11 is 3.81. The average Bonchev–Trinajstić information content (AvgIpc) is 2.56. The highest BCUT2D eigenvalue weighted by molar-refractivity contribution is 7.80. The monoisotopic (exact) mass is 363 g/mol. The van der Waals surface area contributed by atoms with E-state index in [0.29, 0.717) is 25.8 Å². The first kappa shape index (κ1) is 22.1. The number of nitrogens with one attached hydrogen (secondary N) is 3. The standard InChI is InChI=1S/C13H25N5O5S/c14-4-2-1-3-8(17-10(19)5-15)12(21)16-6-11(20)18-9(7-24)13(22)23/h8-9,24H,1-7,14-15H2,(H,16,21)(H,17,19)(H,18,20)(H,22,23). The van der Waals surface area contributed by atoms with Crippen LogP contribution in [0.15, 0.2) is 0 Å². The lowest BCUT2D eigenvalue weighted by Gasteiger charge is -2.18. The number of carboxylic acid groups (broad SMARTS) is 1. The summed E-state index contributed by atoms with van der Waals surface area (Å²) in [6.45, 7) is -0.215. The van der Waals surface area contributed by atoms with Gasteiger partial charge in [-0.3, -0.25) is 14.4 Å². The molecule has 8 N–H and O–H groups in total. The van der Waals surface area contributed by atoms with Gasteiger partial charge in [-0.05, 0) is 25.8 Å². The number of nitrogens with two attached hydrogens (primary N) is 2. The van der Waals surface area contributed by atoms with E-state index in [4.69, 9.17) is 16.6 Å². The molecule has 11 heteroatoms. The van der Waals surface area contributed by atoms with Crippen LogP contribution in [0.5, 0.6) is 0 Å². The lowest BCUT2D eigenvalue weighted by molar-refractivity contribution is -0.141. The van der Waals surface area contributed by atoms with Gasteiger partial charge in [0.15, 0.2) is 0 Å². The number of unbranched alkanes of at least 4 members (excludes halogenated alkanes) is 1. The smallest absolute Gasteiger partial charge is 0.327 e. The number of amides is 3. The fourth-order valence-corrected chi connectivity index (χ4v) is 1.98. The molecule has 0 radical (unpaired) electrons. The van der Waals surface area contributed by atoms with E-state index in [2.05, 4.69) is 28.6 Å². The number of thiol groups is 1. The van der Waals surface area contributed by atoms with E-state index in [9.17, 15) is 19.2 Å². The van der Waals surface area contributed by atoms with E-state index in [1.54, 1.807) is 0 Å². The van der Waals surface area contributed by atoms with Crippen molar-refractivity contribution in [2.45, 2.75) is 31.3 Å². The first-order valence-corrected chi connectivity index (χ1v) is 8.09. The largest absolute Gasteiger partial charge is 0.480 e. The number of aliphatic carboxylic acids is 1.